The Bertz CT molecular complexity index is 1310. The molecule has 1 unspecified atom stereocenters. The fourth-order valence-corrected chi connectivity index (χ4v) is 6.85. The van der Waals surface area contributed by atoms with Crippen molar-refractivity contribution < 1.29 is 38.5 Å². The smallest absolute Gasteiger partial charge is 0.327 e. The molecule has 49 heavy (non-hydrogen) atoms. The molecule has 2 aromatic carbocycles. The molecule has 0 fully saturated rings. The lowest BCUT2D eigenvalue weighted by Crippen LogP contribution is -2.46. The molecule has 0 aliphatic carbocycles. The van der Waals surface area contributed by atoms with Crippen molar-refractivity contribution in [3.05, 3.63) is 63.2 Å². The van der Waals surface area contributed by atoms with Crippen molar-refractivity contribution in [3.8, 4) is 5.75 Å². The first-order valence-electron chi connectivity index (χ1n) is 17.3. The van der Waals surface area contributed by atoms with Crippen LogP contribution in [-0.4, -0.2) is 44.5 Å². The van der Waals surface area contributed by atoms with Crippen LogP contribution in [0.4, 0.5) is 0 Å². The molecule has 1 atom stereocenters. The highest BCUT2D eigenvalue weighted by Crippen LogP contribution is 2.52. The van der Waals surface area contributed by atoms with Gasteiger partial charge in [0.25, 0.3) is 0 Å². The lowest BCUT2D eigenvalue weighted by atomic mass is 9.68. The van der Waals surface area contributed by atoms with E-state index in [0.29, 0.717) is 5.75 Å². The molecule has 280 valence electrons. The Hall–Kier alpha value is -1.18. The van der Waals surface area contributed by atoms with Crippen molar-refractivity contribution in [2.45, 2.75) is 150 Å². The van der Waals surface area contributed by atoms with Gasteiger partial charge in [0.1, 0.15) is 11.9 Å². The van der Waals surface area contributed by atoms with E-state index in [2.05, 4.69) is 135 Å². The van der Waals surface area contributed by atoms with Crippen molar-refractivity contribution in [1.82, 2.24) is 0 Å². The van der Waals surface area contributed by atoms with E-state index in [1.54, 1.807) is 0 Å². The summed E-state index contributed by atoms with van der Waals surface area (Å²) in [6, 6.07) is 8.84. The molecule has 8 nitrogen and oxygen atoms in total. The van der Waals surface area contributed by atoms with Crippen LogP contribution in [0.1, 0.15) is 168 Å². The molecule has 0 radical (unpaired) electrons. The second-order valence-electron chi connectivity index (χ2n) is 18.4. The average molecular weight is 725 g/mol. The molecule has 0 saturated heterocycles. The fraction of sp³-hybridized carbons (Fsp3) is 0.692. The van der Waals surface area contributed by atoms with Gasteiger partial charge in [-0.25, -0.2) is 0 Å². The van der Waals surface area contributed by atoms with Crippen LogP contribution >= 0.6 is 17.2 Å². The Morgan fingerprint density at radius 1 is 0.551 bits per heavy atom. The van der Waals surface area contributed by atoms with Crippen molar-refractivity contribution in [2.24, 2.45) is 5.41 Å². The Kier molecular flexibility index (Phi) is 14.6. The van der Waals surface area contributed by atoms with E-state index < -0.39 is 59.4 Å². The van der Waals surface area contributed by atoms with E-state index in [1.807, 2.05) is 0 Å². The van der Waals surface area contributed by atoms with Crippen molar-refractivity contribution in [1.29, 1.82) is 0 Å². The molecule has 0 amide bonds. The van der Waals surface area contributed by atoms with Gasteiger partial charge in [0.15, 0.2) is 0 Å². The summed E-state index contributed by atoms with van der Waals surface area (Å²) in [5, 5.41) is 11.5. The first kappa shape index (κ1) is 44.0. The molecule has 0 aliphatic rings. The Morgan fingerprint density at radius 3 is 1.10 bits per heavy atom. The SMILES string of the molecule is CC(C)c1cc(C(C)(C)C)c(OC(c2c(C(C)(C)C)cc(C(C)C)cc2C(C)(C)C)C(CO)(COP(O)O)COP(O)O)c(C(C)(C)C)c1. The van der Waals surface area contributed by atoms with Gasteiger partial charge in [0, 0.05) is 16.7 Å². The molecule has 0 spiro atoms. The minimum atomic E-state index is -2.83. The molecule has 5 N–H and O–H groups in total. The Labute approximate surface area is 299 Å². The molecule has 0 heterocycles. The third kappa shape index (κ3) is 11.2. The highest BCUT2D eigenvalue weighted by molar-refractivity contribution is 7.39. The van der Waals surface area contributed by atoms with Gasteiger partial charge in [-0.1, -0.05) is 135 Å². The summed E-state index contributed by atoms with van der Waals surface area (Å²) in [7, 11) is -5.65. The summed E-state index contributed by atoms with van der Waals surface area (Å²) >= 11 is 0. The van der Waals surface area contributed by atoms with Crippen LogP contribution in [0.15, 0.2) is 24.3 Å². The minimum Gasteiger partial charge on any atom is -0.484 e. The van der Waals surface area contributed by atoms with Crippen LogP contribution in [0, 0.1) is 5.41 Å². The summed E-state index contributed by atoms with van der Waals surface area (Å²) in [6.07, 6.45) is -1.00. The quantitative estimate of drug-likeness (QED) is 0.129. The molecular weight excluding hydrogens is 658 g/mol. The largest absolute Gasteiger partial charge is 0.484 e. The van der Waals surface area contributed by atoms with E-state index in [9.17, 15) is 24.7 Å². The van der Waals surface area contributed by atoms with Crippen molar-refractivity contribution >= 4 is 17.2 Å². The standard InChI is InChI=1S/C39H66O8P2/c1-24(2)26-17-28(35(5,6)7)32(29(18-26)36(8,9)10)34(39(21-40,22-45-48(41)42)23-46-49(43)44)47-33-30(37(11,12)13)19-27(25(3)4)20-31(33)38(14,15)16/h17-20,24-25,34,40-44H,21-23H2,1-16H3. The maximum atomic E-state index is 11.5. The number of benzene rings is 2. The topological polar surface area (TPSA) is 129 Å². The maximum Gasteiger partial charge on any atom is 0.327 e. The van der Waals surface area contributed by atoms with Gasteiger partial charge in [-0.3, -0.25) is 0 Å². The lowest BCUT2D eigenvalue weighted by molar-refractivity contribution is -0.0674. The Balaban J connectivity index is 3.38. The first-order valence-corrected chi connectivity index (χ1v) is 19.7. The van der Waals surface area contributed by atoms with E-state index in [4.69, 9.17) is 13.8 Å². The van der Waals surface area contributed by atoms with Gasteiger partial charge in [0.05, 0.1) is 25.2 Å². The number of ether oxygens (including phenoxy) is 1. The number of rotatable bonds is 13. The first-order chi connectivity index (χ1) is 22.1. The van der Waals surface area contributed by atoms with Crippen LogP contribution in [0.3, 0.4) is 0 Å². The van der Waals surface area contributed by atoms with Crippen molar-refractivity contribution in [3.63, 3.8) is 0 Å². The number of hydrogen-bond donors (Lipinski definition) is 5. The van der Waals surface area contributed by atoms with Crippen LogP contribution in [0.25, 0.3) is 0 Å². The summed E-state index contributed by atoms with van der Waals surface area (Å²) in [5.74, 6) is 1.16. The molecular formula is C39H66O8P2. The van der Waals surface area contributed by atoms with Gasteiger partial charge in [-0.2, -0.15) is 0 Å². The predicted octanol–water partition coefficient (Wildman–Crippen LogP) is 9.68. The third-order valence-corrected chi connectivity index (χ3v) is 9.90. The average Bonchev–Trinajstić information content (AvgIpc) is 2.93. The zero-order valence-electron chi connectivity index (χ0n) is 33.0. The zero-order chi connectivity index (χ0) is 38.1. The summed E-state index contributed by atoms with van der Waals surface area (Å²) < 4.78 is 18.6. The van der Waals surface area contributed by atoms with Gasteiger partial charge >= 0.3 is 17.2 Å². The molecule has 0 aliphatic heterocycles. The minimum absolute atomic E-state index is 0.230. The van der Waals surface area contributed by atoms with E-state index in [-0.39, 0.29) is 22.7 Å². The van der Waals surface area contributed by atoms with E-state index in [0.717, 1.165) is 33.4 Å². The van der Waals surface area contributed by atoms with Crippen LogP contribution < -0.4 is 4.74 Å². The van der Waals surface area contributed by atoms with Crippen LogP contribution in [0.2, 0.25) is 0 Å². The monoisotopic (exact) mass is 724 g/mol. The number of aliphatic hydroxyl groups is 1. The molecule has 2 rings (SSSR count). The normalized spacial score (nSPS) is 14.5. The predicted molar refractivity (Wildman–Crippen MR) is 203 cm³/mol. The van der Waals surface area contributed by atoms with Crippen LogP contribution in [0.5, 0.6) is 5.75 Å². The highest BCUT2D eigenvalue weighted by Gasteiger charge is 2.48. The lowest BCUT2D eigenvalue weighted by Gasteiger charge is -2.45. The zero-order valence-corrected chi connectivity index (χ0v) is 34.8. The summed E-state index contributed by atoms with van der Waals surface area (Å²) in [5.41, 5.74) is 4.17. The van der Waals surface area contributed by atoms with E-state index >= 15 is 0 Å². The van der Waals surface area contributed by atoms with Gasteiger partial charge in [0.2, 0.25) is 0 Å². The summed E-state index contributed by atoms with van der Waals surface area (Å²) in [6.45, 7) is 33.1. The van der Waals surface area contributed by atoms with Gasteiger partial charge in [-0.15, -0.1) is 0 Å². The number of hydrogen-bond acceptors (Lipinski definition) is 8. The molecule has 0 saturated carbocycles. The number of aliphatic hydroxyl groups excluding tert-OH is 1. The summed E-state index contributed by atoms with van der Waals surface area (Å²) in [4.78, 5) is 40.1. The fourth-order valence-electron chi connectivity index (χ4n) is 6.11. The van der Waals surface area contributed by atoms with Gasteiger partial charge < -0.3 is 38.5 Å². The molecule has 0 bridgehead atoms. The van der Waals surface area contributed by atoms with E-state index in [1.165, 1.54) is 5.56 Å². The molecule has 10 heteroatoms. The maximum absolute atomic E-state index is 11.5. The Morgan fingerprint density at radius 2 is 0.857 bits per heavy atom. The third-order valence-electron chi connectivity index (χ3n) is 9.18. The second kappa shape index (κ2) is 16.2. The van der Waals surface area contributed by atoms with Crippen molar-refractivity contribution in [2.75, 3.05) is 19.8 Å². The molecule has 0 aromatic heterocycles. The van der Waals surface area contributed by atoms with Crippen LogP contribution in [-0.2, 0) is 30.7 Å². The molecule has 2 aromatic rings. The van der Waals surface area contributed by atoms with Gasteiger partial charge in [-0.05, 0) is 55.7 Å². The highest BCUT2D eigenvalue weighted by atomic mass is 31.2. The second-order valence-corrected chi connectivity index (χ2v) is 19.9.